The molecule has 0 saturated carbocycles. The summed E-state index contributed by atoms with van der Waals surface area (Å²) in [5.41, 5.74) is 2.81. The standard InChI is InChI=1S/C25H23NO5/c27-22-12-10-19(11-13-22)18-6-8-21(9-7-18)25(29)31-23(20-4-2-1-3-5-20)24(28)26-14-16-30-17-15-26/h1-13,23,27H,14-17H2/t23-/m1/s1. The molecule has 0 unspecified atom stereocenters. The number of carbonyl (C=O) groups excluding carboxylic acids is 2. The molecular weight excluding hydrogens is 394 g/mol. The molecule has 0 aromatic heterocycles. The largest absolute Gasteiger partial charge is 0.508 e. The number of carbonyl (C=O) groups is 2. The molecule has 1 amide bonds. The van der Waals surface area contributed by atoms with E-state index in [1.54, 1.807) is 53.4 Å². The van der Waals surface area contributed by atoms with E-state index in [2.05, 4.69) is 0 Å². The second-order valence-electron chi connectivity index (χ2n) is 7.26. The highest BCUT2D eigenvalue weighted by molar-refractivity contribution is 5.93. The number of hydrogen-bond acceptors (Lipinski definition) is 5. The van der Waals surface area contributed by atoms with E-state index >= 15 is 0 Å². The zero-order valence-corrected chi connectivity index (χ0v) is 16.9. The predicted molar refractivity (Wildman–Crippen MR) is 116 cm³/mol. The van der Waals surface area contributed by atoms with Gasteiger partial charge in [-0.3, -0.25) is 4.79 Å². The summed E-state index contributed by atoms with van der Waals surface area (Å²) in [6.07, 6.45) is -1.01. The molecule has 0 aliphatic carbocycles. The number of rotatable bonds is 5. The van der Waals surface area contributed by atoms with Crippen molar-refractivity contribution in [2.24, 2.45) is 0 Å². The number of benzene rings is 3. The summed E-state index contributed by atoms with van der Waals surface area (Å²) in [6, 6.07) is 22.8. The van der Waals surface area contributed by atoms with Crippen LogP contribution in [0.4, 0.5) is 0 Å². The van der Waals surface area contributed by atoms with Crippen LogP contribution in [0, 0.1) is 0 Å². The first-order chi connectivity index (χ1) is 15.1. The van der Waals surface area contributed by atoms with Crippen LogP contribution in [0.15, 0.2) is 78.9 Å². The molecule has 0 spiro atoms. The van der Waals surface area contributed by atoms with Gasteiger partial charge in [0.05, 0.1) is 18.8 Å². The predicted octanol–water partition coefficient (Wildman–Crippen LogP) is 3.82. The van der Waals surface area contributed by atoms with Gasteiger partial charge >= 0.3 is 5.97 Å². The molecule has 6 nitrogen and oxygen atoms in total. The zero-order valence-electron chi connectivity index (χ0n) is 16.9. The quantitative estimate of drug-likeness (QED) is 0.639. The molecule has 0 radical (unpaired) electrons. The molecule has 1 aliphatic heterocycles. The summed E-state index contributed by atoms with van der Waals surface area (Å²) in [5.74, 6) is -0.614. The van der Waals surface area contributed by atoms with Crippen LogP contribution in [0.2, 0.25) is 0 Å². The minimum atomic E-state index is -1.01. The van der Waals surface area contributed by atoms with Crippen LogP contribution in [0.25, 0.3) is 11.1 Å². The Morgan fingerprint density at radius 1 is 0.839 bits per heavy atom. The number of morpholine rings is 1. The van der Waals surface area contributed by atoms with Gasteiger partial charge in [0.25, 0.3) is 5.91 Å². The molecule has 3 aromatic carbocycles. The summed E-state index contributed by atoms with van der Waals surface area (Å²) in [4.78, 5) is 27.6. The van der Waals surface area contributed by atoms with Gasteiger partial charge in [-0.15, -0.1) is 0 Å². The van der Waals surface area contributed by atoms with E-state index in [4.69, 9.17) is 9.47 Å². The van der Waals surface area contributed by atoms with E-state index < -0.39 is 12.1 Å². The van der Waals surface area contributed by atoms with Crippen molar-refractivity contribution >= 4 is 11.9 Å². The van der Waals surface area contributed by atoms with E-state index in [0.29, 0.717) is 37.4 Å². The monoisotopic (exact) mass is 417 g/mol. The molecule has 1 N–H and O–H groups in total. The Labute approximate surface area is 180 Å². The van der Waals surface area contributed by atoms with Gasteiger partial charge in [0.2, 0.25) is 6.10 Å². The van der Waals surface area contributed by atoms with Gasteiger partial charge in [-0.2, -0.15) is 0 Å². The first-order valence-electron chi connectivity index (χ1n) is 10.1. The Morgan fingerprint density at radius 2 is 1.42 bits per heavy atom. The highest BCUT2D eigenvalue weighted by atomic mass is 16.5. The van der Waals surface area contributed by atoms with E-state index in [-0.39, 0.29) is 11.7 Å². The molecule has 3 aromatic rings. The third kappa shape index (κ3) is 4.92. The van der Waals surface area contributed by atoms with Crippen molar-refractivity contribution in [1.29, 1.82) is 0 Å². The molecule has 6 heteroatoms. The van der Waals surface area contributed by atoms with Gasteiger partial charge in [-0.05, 0) is 35.4 Å². The lowest BCUT2D eigenvalue weighted by Gasteiger charge is -2.30. The fraction of sp³-hybridized carbons (Fsp3) is 0.200. The van der Waals surface area contributed by atoms with Gasteiger partial charge < -0.3 is 19.5 Å². The number of amides is 1. The van der Waals surface area contributed by atoms with Crippen molar-refractivity contribution in [2.75, 3.05) is 26.3 Å². The second kappa shape index (κ2) is 9.45. The number of nitrogens with zero attached hydrogens (tertiary/aromatic N) is 1. The minimum Gasteiger partial charge on any atom is -0.508 e. The second-order valence-corrected chi connectivity index (χ2v) is 7.26. The van der Waals surface area contributed by atoms with Crippen molar-refractivity contribution in [3.05, 3.63) is 90.0 Å². The summed E-state index contributed by atoms with van der Waals surface area (Å²) >= 11 is 0. The van der Waals surface area contributed by atoms with E-state index in [1.165, 1.54) is 0 Å². The van der Waals surface area contributed by atoms with Crippen LogP contribution < -0.4 is 0 Å². The maximum Gasteiger partial charge on any atom is 0.339 e. The molecule has 1 heterocycles. The van der Waals surface area contributed by atoms with Gasteiger partial charge in [-0.1, -0.05) is 54.6 Å². The maximum absolute atomic E-state index is 13.1. The summed E-state index contributed by atoms with van der Waals surface area (Å²) < 4.78 is 11.0. The van der Waals surface area contributed by atoms with Gasteiger partial charge in [0.15, 0.2) is 0 Å². The van der Waals surface area contributed by atoms with E-state index in [9.17, 15) is 14.7 Å². The number of phenols is 1. The van der Waals surface area contributed by atoms with Crippen LogP contribution in [-0.2, 0) is 14.3 Å². The normalized spacial score (nSPS) is 14.6. The average Bonchev–Trinajstić information content (AvgIpc) is 2.84. The number of ether oxygens (including phenoxy) is 2. The molecular formula is C25H23NO5. The number of hydrogen-bond donors (Lipinski definition) is 1. The van der Waals surface area contributed by atoms with Crippen LogP contribution in [0.1, 0.15) is 22.0 Å². The third-order valence-corrected chi connectivity index (χ3v) is 5.20. The number of phenolic OH excluding ortho intramolecular Hbond substituents is 1. The topological polar surface area (TPSA) is 76.1 Å². The molecule has 1 atom stereocenters. The lowest BCUT2D eigenvalue weighted by Crippen LogP contribution is -2.44. The molecule has 158 valence electrons. The summed E-state index contributed by atoms with van der Waals surface area (Å²) in [6.45, 7) is 1.89. The van der Waals surface area contributed by atoms with Gasteiger partial charge in [0.1, 0.15) is 5.75 Å². The van der Waals surface area contributed by atoms with E-state index in [1.807, 2.05) is 30.3 Å². The molecule has 4 rings (SSSR count). The molecule has 0 bridgehead atoms. The lowest BCUT2D eigenvalue weighted by atomic mass is 10.0. The molecule has 31 heavy (non-hydrogen) atoms. The molecule has 1 saturated heterocycles. The maximum atomic E-state index is 13.1. The first-order valence-corrected chi connectivity index (χ1v) is 10.1. The van der Waals surface area contributed by atoms with Crippen LogP contribution in [-0.4, -0.2) is 48.2 Å². The summed E-state index contributed by atoms with van der Waals surface area (Å²) in [5, 5.41) is 9.44. The van der Waals surface area contributed by atoms with Crippen LogP contribution >= 0.6 is 0 Å². The zero-order chi connectivity index (χ0) is 21.6. The smallest absolute Gasteiger partial charge is 0.339 e. The van der Waals surface area contributed by atoms with Crippen molar-refractivity contribution in [3.8, 4) is 16.9 Å². The fourth-order valence-corrected chi connectivity index (χ4v) is 3.47. The molecule has 1 aliphatic rings. The van der Waals surface area contributed by atoms with Gasteiger partial charge in [-0.25, -0.2) is 4.79 Å². The fourth-order valence-electron chi connectivity index (χ4n) is 3.47. The Balaban J connectivity index is 1.53. The van der Waals surface area contributed by atoms with Crippen molar-refractivity contribution in [2.45, 2.75) is 6.10 Å². The van der Waals surface area contributed by atoms with Crippen LogP contribution in [0.3, 0.4) is 0 Å². The Morgan fingerprint density at radius 3 is 2.03 bits per heavy atom. The Hall–Kier alpha value is -3.64. The highest BCUT2D eigenvalue weighted by Gasteiger charge is 2.30. The summed E-state index contributed by atoms with van der Waals surface area (Å²) in [7, 11) is 0. The van der Waals surface area contributed by atoms with Crippen LogP contribution in [0.5, 0.6) is 5.75 Å². The molecule has 1 fully saturated rings. The van der Waals surface area contributed by atoms with E-state index in [0.717, 1.165) is 11.1 Å². The van der Waals surface area contributed by atoms with Crippen molar-refractivity contribution in [3.63, 3.8) is 0 Å². The Bertz CT molecular complexity index is 1030. The third-order valence-electron chi connectivity index (χ3n) is 5.20. The highest BCUT2D eigenvalue weighted by Crippen LogP contribution is 2.25. The minimum absolute atomic E-state index is 0.195. The number of esters is 1. The average molecular weight is 417 g/mol. The first kappa shape index (κ1) is 20.6. The number of aromatic hydroxyl groups is 1. The van der Waals surface area contributed by atoms with Crippen molar-refractivity contribution in [1.82, 2.24) is 4.90 Å². The van der Waals surface area contributed by atoms with Gasteiger partial charge in [0, 0.05) is 18.7 Å². The Kier molecular flexibility index (Phi) is 6.29. The lowest BCUT2D eigenvalue weighted by molar-refractivity contribution is -0.145. The van der Waals surface area contributed by atoms with Crippen molar-refractivity contribution < 1.29 is 24.2 Å². The SMILES string of the molecule is O=C(O[C@@H](C(=O)N1CCOCC1)c1ccccc1)c1ccc(-c2ccc(O)cc2)cc1.